The van der Waals surface area contributed by atoms with E-state index < -0.39 is 10.2 Å². The minimum absolute atomic E-state index is 0.563. The van der Waals surface area contributed by atoms with E-state index in [1.807, 2.05) is 6.92 Å². The number of nitrogens with zero attached hydrogens (tertiary/aromatic N) is 2. The van der Waals surface area contributed by atoms with Crippen LogP contribution in [0.15, 0.2) is 0 Å². The van der Waals surface area contributed by atoms with Crippen LogP contribution in [0.3, 0.4) is 0 Å². The quantitative estimate of drug-likeness (QED) is 0.580. The van der Waals surface area contributed by atoms with Gasteiger partial charge in [0.25, 0.3) is 10.2 Å². The largest absolute Gasteiger partial charge is 0.317 e. The van der Waals surface area contributed by atoms with Crippen molar-refractivity contribution in [2.75, 3.05) is 40.3 Å². The first kappa shape index (κ1) is 17.8. The van der Waals surface area contributed by atoms with Gasteiger partial charge in [-0.2, -0.15) is 17.0 Å². The van der Waals surface area contributed by atoms with Crippen LogP contribution in [0.25, 0.3) is 0 Å². The van der Waals surface area contributed by atoms with Crippen LogP contribution in [-0.2, 0) is 10.2 Å². The second kappa shape index (κ2) is 9.72. The van der Waals surface area contributed by atoms with Crippen LogP contribution in [0.2, 0.25) is 0 Å². The molecule has 0 aromatic heterocycles. The van der Waals surface area contributed by atoms with E-state index in [1.54, 1.807) is 14.1 Å². The molecule has 0 saturated heterocycles. The lowest BCUT2D eigenvalue weighted by Gasteiger charge is -2.24. The predicted molar refractivity (Wildman–Crippen MR) is 76.9 cm³/mol. The smallest absolute Gasteiger partial charge is 0.281 e. The SMILES string of the molecule is CCCCCN(C)S(=O)(=O)N(C)CCCNCC. The maximum absolute atomic E-state index is 12.1. The van der Waals surface area contributed by atoms with Gasteiger partial charge in [0.05, 0.1) is 0 Å². The number of nitrogens with one attached hydrogen (secondary N) is 1. The summed E-state index contributed by atoms with van der Waals surface area (Å²) in [5.41, 5.74) is 0. The minimum atomic E-state index is -3.27. The Bertz CT molecular complexity index is 294. The molecule has 110 valence electrons. The minimum Gasteiger partial charge on any atom is -0.317 e. The van der Waals surface area contributed by atoms with Crippen molar-refractivity contribution in [3.63, 3.8) is 0 Å². The Morgan fingerprint density at radius 3 is 2.00 bits per heavy atom. The summed E-state index contributed by atoms with van der Waals surface area (Å²) in [5, 5.41) is 3.19. The molecule has 0 bridgehead atoms. The highest BCUT2D eigenvalue weighted by Gasteiger charge is 2.22. The summed E-state index contributed by atoms with van der Waals surface area (Å²) in [7, 11) is 0.0412. The third-order valence-electron chi connectivity index (χ3n) is 2.94. The molecule has 0 unspecified atom stereocenters. The molecule has 0 radical (unpaired) electrons. The first-order valence-corrected chi connectivity index (χ1v) is 8.24. The van der Waals surface area contributed by atoms with Crippen molar-refractivity contribution < 1.29 is 8.42 Å². The normalized spacial score (nSPS) is 12.6. The highest BCUT2D eigenvalue weighted by atomic mass is 32.2. The molecule has 0 fully saturated rings. The van der Waals surface area contributed by atoms with Crippen molar-refractivity contribution in [2.24, 2.45) is 0 Å². The molecule has 0 atom stereocenters. The number of hydrogen-bond donors (Lipinski definition) is 1. The lowest BCUT2D eigenvalue weighted by atomic mass is 10.2. The molecular formula is C12H29N3O2S. The summed E-state index contributed by atoms with van der Waals surface area (Å²) < 4.78 is 27.1. The van der Waals surface area contributed by atoms with Crippen molar-refractivity contribution in [1.29, 1.82) is 0 Å². The summed E-state index contributed by atoms with van der Waals surface area (Å²) in [5.74, 6) is 0. The Labute approximate surface area is 113 Å². The van der Waals surface area contributed by atoms with Crippen molar-refractivity contribution in [1.82, 2.24) is 13.9 Å². The Morgan fingerprint density at radius 1 is 0.944 bits per heavy atom. The van der Waals surface area contributed by atoms with E-state index in [-0.39, 0.29) is 0 Å². The van der Waals surface area contributed by atoms with E-state index in [4.69, 9.17) is 0 Å². The summed E-state index contributed by atoms with van der Waals surface area (Å²) in [6.45, 7) is 7.10. The first-order valence-electron chi connectivity index (χ1n) is 6.85. The molecule has 6 heteroatoms. The molecule has 5 nitrogen and oxygen atoms in total. The molecule has 0 aliphatic heterocycles. The Morgan fingerprint density at radius 2 is 1.50 bits per heavy atom. The lowest BCUT2D eigenvalue weighted by molar-refractivity contribution is 0.381. The van der Waals surface area contributed by atoms with E-state index in [9.17, 15) is 8.42 Å². The molecule has 0 rings (SSSR count). The molecule has 0 aliphatic carbocycles. The number of hydrogen-bond acceptors (Lipinski definition) is 3. The van der Waals surface area contributed by atoms with Crippen LogP contribution in [0.1, 0.15) is 39.5 Å². The summed E-state index contributed by atoms with van der Waals surface area (Å²) >= 11 is 0. The summed E-state index contributed by atoms with van der Waals surface area (Å²) in [4.78, 5) is 0. The van der Waals surface area contributed by atoms with Crippen LogP contribution in [0.5, 0.6) is 0 Å². The average Bonchev–Trinajstić information content (AvgIpc) is 2.34. The third-order valence-corrected chi connectivity index (χ3v) is 4.88. The molecule has 0 heterocycles. The topological polar surface area (TPSA) is 52.7 Å². The summed E-state index contributed by atoms with van der Waals surface area (Å²) in [6.07, 6.45) is 3.94. The lowest BCUT2D eigenvalue weighted by Crippen LogP contribution is -2.41. The molecule has 0 spiro atoms. The van der Waals surface area contributed by atoms with Crippen molar-refractivity contribution in [3.05, 3.63) is 0 Å². The van der Waals surface area contributed by atoms with Gasteiger partial charge < -0.3 is 5.32 Å². The predicted octanol–water partition coefficient (Wildman–Crippen LogP) is 1.28. The van der Waals surface area contributed by atoms with Gasteiger partial charge >= 0.3 is 0 Å². The fourth-order valence-electron chi connectivity index (χ4n) is 1.66. The zero-order valence-corrected chi connectivity index (χ0v) is 13.1. The molecule has 0 amide bonds. The van der Waals surface area contributed by atoms with Crippen molar-refractivity contribution in [2.45, 2.75) is 39.5 Å². The third kappa shape index (κ3) is 6.68. The highest BCUT2D eigenvalue weighted by molar-refractivity contribution is 7.86. The Balaban J connectivity index is 4.08. The van der Waals surface area contributed by atoms with Crippen LogP contribution in [0, 0.1) is 0 Å². The molecule has 1 N–H and O–H groups in total. The number of unbranched alkanes of at least 4 members (excludes halogenated alkanes) is 2. The van der Waals surface area contributed by atoms with Gasteiger partial charge in [0.1, 0.15) is 0 Å². The van der Waals surface area contributed by atoms with Crippen LogP contribution in [-0.4, -0.2) is 57.3 Å². The van der Waals surface area contributed by atoms with Crippen LogP contribution >= 0.6 is 0 Å². The zero-order valence-electron chi connectivity index (χ0n) is 12.3. The molecule has 0 aromatic carbocycles. The molecule has 0 aromatic rings. The van der Waals surface area contributed by atoms with Gasteiger partial charge in [0.15, 0.2) is 0 Å². The molecule has 0 aliphatic rings. The van der Waals surface area contributed by atoms with Crippen molar-refractivity contribution in [3.8, 4) is 0 Å². The molecular weight excluding hydrogens is 250 g/mol. The fourth-order valence-corrected chi connectivity index (χ4v) is 2.85. The second-order valence-corrected chi connectivity index (χ2v) is 6.71. The second-order valence-electron chi connectivity index (χ2n) is 4.57. The standard InChI is InChI=1S/C12H29N3O2S/c1-5-7-8-11-14(3)18(16,17)15(4)12-9-10-13-6-2/h13H,5-12H2,1-4H3. The van der Waals surface area contributed by atoms with E-state index in [1.165, 1.54) is 8.61 Å². The average molecular weight is 279 g/mol. The summed E-state index contributed by atoms with van der Waals surface area (Å²) in [6, 6.07) is 0. The van der Waals surface area contributed by atoms with E-state index in [2.05, 4.69) is 12.2 Å². The van der Waals surface area contributed by atoms with E-state index in [0.29, 0.717) is 13.1 Å². The first-order chi connectivity index (χ1) is 8.46. The van der Waals surface area contributed by atoms with Crippen LogP contribution < -0.4 is 5.32 Å². The van der Waals surface area contributed by atoms with Gasteiger partial charge in [-0.15, -0.1) is 0 Å². The molecule has 18 heavy (non-hydrogen) atoms. The Kier molecular flexibility index (Phi) is 9.63. The maximum Gasteiger partial charge on any atom is 0.281 e. The maximum atomic E-state index is 12.1. The van der Waals surface area contributed by atoms with Gasteiger partial charge in [0.2, 0.25) is 0 Å². The van der Waals surface area contributed by atoms with Crippen molar-refractivity contribution >= 4 is 10.2 Å². The zero-order chi connectivity index (χ0) is 14.0. The number of rotatable bonds is 11. The fraction of sp³-hybridized carbons (Fsp3) is 1.00. The highest BCUT2D eigenvalue weighted by Crippen LogP contribution is 2.06. The Hall–Kier alpha value is -0.170. The molecule has 0 saturated carbocycles. The van der Waals surface area contributed by atoms with Gasteiger partial charge in [-0.05, 0) is 25.9 Å². The van der Waals surface area contributed by atoms with Gasteiger partial charge in [-0.1, -0.05) is 26.7 Å². The van der Waals surface area contributed by atoms with E-state index in [0.717, 1.165) is 38.8 Å². The van der Waals surface area contributed by atoms with Gasteiger partial charge in [-0.25, -0.2) is 0 Å². The van der Waals surface area contributed by atoms with Crippen LogP contribution in [0.4, 0.5) is 0 Å². The monoisotopic (exact) mass is 279 g/mol. The van der Waals surface area contributed by atoms with Gasteiger partial charge in [-0.3, -0.25) is 0 Å². The van der Waals surface area contributed by atoms with Gasteiger partial charge in [0, 0.05) is 27.2 Å². The van der Waals surface area contributed by atoms with E-state index >= 15 is 0 Å².